The van der Waals surface area contributed by atoms with Crippen LogP contribution in [-0.2, 0) is 23.1 Å². The molecule has 0 atom stereocenters. The third kappa shape index (κ3) is 6.86. The molecule has 0 aliphatic heterocycles. The molecule has 1 heterocycles. The number of carbonyl (C=O) groups is 1. The van der Waals surface area contributed by atoms with Gasteiger partial charge in [-0.2, -0.15) is 13.2 Å². The predicted octanol–water partition coefficient (Wildman–Crippen LogP) is 3.63. The van der Waals surface area contributed by atoms with Crippen LogP contribution in [-0.4, -0.2) is 27.1 Å². The third-order valence-corrected chi connectivity index (χ3v) is 5.61. The lowest BCUT2D eigenvalue weighted by Crippen LogP contribution is -2.24. The quantitative estimate of drug-likeness (QED) is 0.500. The molecule has 1 amide bonds. The number of nitrogens with one attached hydrogen (secondary N) is 2. The van der Waals surface area contributed by atoms with Gasteiger partial charge >= 0.3 is 6.18 Å². The van der Waals surface area contributed by atoms with Crippen LogP contribution in [0, 0.1) is 0 Å². The van der Waals surface area contributed by atoms with Crippen molar-refractivity contribution in [3.8, 4) is 5.75 Å². The summed E-state index contributed by atoms with van der Waals surface area (Å²) >= 11 is 0. The molecule has 0 saturated heterocycles. The number of amides is 1. The van der Waals surface area contributed by atoms with Crippen LogP contribution in [0.15, 0.2) is 76.2 Å². The normalized spacial score (nSPS) is 11.8. The summed E-state index contributed by atoms with van der Waals surface area (Å²) in [4.78, 5) is 12.3. The largest absolute Gasteiger partial charge is 0.484 e. The summed E-state index contributed by atoms with van der Waals surface area (Å²) in [5.74, 6) is 0.0160. The second-order valence-corrected chi connectivity index (χ2v) is 8.43. The maximum Gasteiger partial charge on any atom is 0.422 e. The van der Waals surface area contributed by atoms with Crippen LogP contribution < -0.4 is 14.8 Å². The Kier molecular flexibility index (Phi) is 7.21. The third-order valence-electron chi connectivity index (χ3n) is 4.20. The molecule has 0 aliphatic rings. The standard InChI is InChI=1S/C21H19F3N2O5S/c22-21(23,24)14-31-17-4-1-3-15(11-17)12-25-20(27)16-6-8-19(9-7-16)32(28,29)26-13-18-5-2-10-30-18/h1-11,26H,12-14H2,(H,25,27). The molecule has 32 heavy (non-hydrogen) atoms. The number of carbonyl (C=O) groups excluding carboxylic acids is 1. The van der Waals surface area contributed by atoms with E-state index < -0.39 is 28.7 Å². The van der Waals surface area contributed by atoms with Crippen molar-refractivity contribution in [2.75, 3.05) is 6.61 Å². The number of alkyl halides is 3. The maximum atomic E-state index is 12.3. The van der Waals surface area contributed by atoms with Crippen LogP contribution in [0.2, 0.25) is 0 Å². The molecular weight excluding hydrogens is 449 g/mol. The average Bonchev–Trinajstić information content (AvgIpc) is 3.28. The molecule has 0 unspecified atom stereocenters. The smallest absolute Gasteiger partial charge is 0.422 e. The van der Waals surface area contributed by atoms with Gasteiger partial charge in [0.05, 0.1) is 17.7 Å². The number of benzene rings is 2. The van der Waals surface area contributed by atoms with E-state index in [9.17, 15) is 26.4 Å². The molecule has 3 aromatic rings. The Morgan fingerprint density at radius 3 is 2.41 bits per heavy atom. The molecule has 1 aromatic heterocycles. The van der Waals surface area contributed by atoms with Gasteiger partial charge < -0.3 is 14.5 Å². The Morgan fingerprint density at radius 1 is 1.00 bits per heavy atom. The van der Waals surface area contributed by atoms with E-state index in [0.29, 0.717) is 11.3 Å². The second-order valence-electron chi connectivity index (χ2n) is 6.66. The van der Waals surface area contributed by atoms with E-state index in [1.807, 2.05) is 0 Å². The van der Waals surface area contributed by atoms with Crippen molar-refractivity contribution in [3.05, 3.63) is 83.8 Å². The molecule has 170 valence electrons. The van der Waals surface area contributed by atoms with Gasteiger partial charge in [-0.15, -0.1) is 0 Å². The zero-order valence-corrected chi connectivity index (χ0v) is 17.4. The van der Waals surface area contributed by atoms with E-state index in [0.717, 1.165) is 0 Å². The SMILES string of the molecule is O=C(NCc1cccc(OCC(F)(F)F)c1)c1ccc(S(=O)(=O)NCc2ccco2)cc1. The first-order valence-electron chi connectivity index (χ1n) is 9.31. The highest BCUT2D eigenvalue weighted by atomic mass is 32.2. The highest BCUT2D eigenvalue weighted by Crippen LogP contribution is 2.19. The van der Waals surface area contributed by atoms with Crippen LogP contribution in [0.1, 0.15) is 21.7 Å². The number of sulfonamides is 1. The van der Waals surface area contributed by atoms with E-state index >= 15 is 0 Å². The molecule has 2 N–H and O–H groups in total. The summed E-state index contributed by atoms with van der Waals surface area (Å²) in [7, 11) is -3.79. The number of halogens is 3. The van der Waals surface area contributed by atoms with Gasteiger partial charge in [0, 0.05) is 12.1 Å². The van der Waals surface area contributed by atoms with Gasteiger partial charge in [-0.25, -0.2) is 13.1 Å². The Bertz CT molecular complexity index is 1140. The lowest BCUT2D eigenvalue weighted by Gasteiger charge is -2.11. The lowest BCUT2D eigenvalue weighted by atomic mass is 10.2. The van der Waals surface area contributed by atoms with Gasteiger partial charge in [0.15, 0.2) is 6.61 Å². The highest BCUT2D eigenvalue weighted by molar-refractivity contribution is 7.89. The minimum Gasteiger partial charge on any atom is -0.484 e. The number of hydrogen-bond acceptors (Lipinski definition) is 5. The minimum atomic E-state index is -4.45. The summed E-state index contributed by atoms with van der Waals surface area (Å²) in [6.45, 7) is -1.37. The fourth-order valence-corrected chi connectivity index (χ4v) is 3.64. The van der Waals surface area contributed by atoms with Gasteiger partial charge in [-0.1, -0.05) is 12.1 Å². The Balaban J connectivity index is 1.56. The van der Waals surface area contributed by atoms with Crippen LogP contribution in [0.4, 0.5) is 13.2 Å². The predicted molar refractivity (Wildman–Crippen MR) is 108 cm³/mol. The summed E-state index contributed by atoms with van der Waals surface area (Å²) in [6.07, 6.45) is -3.01. The van der Waals surface area contributed by atoms with E-state index in [2.05, 4.69) is 14.8 Å². The van der Waals surface area contributed by atoms with Crippen LogP contribution in [0.3, 0.4) is 0 Å². The van der Waals surface area contributed by atoms with Gasteiger partial charge in [-0.3, -0.25) is 4.79 Å². The molecule has 2 aromatic carbocycles. The summed E-state index contributed by atoms with van der Waals surface area (Å²) in [5.41, 5.74) is 0.763. The zero-order chi connectivity index (χ0) is 23.2. The number of ether oxygens (including phenoxy) is 1. The fourth-order valence-electron chi connectivity index (χ4n) is 2.64. The van der Waals surface area contributed by atoms with Crippen molar-refractivity contribution in [2.24, 2.45) is 0 Å². The molecule has 7 nitrogen and oxygen atoms in total. The van der Waals surface area contributed by atoms with Crippen LogP contribution >= 0.6 is 0 Å². The summed E-state index contributed by atoms with van der Waals surface area (Å²) in [5, 5.41) is 2.62. The Labute approximate surface area is 182 Å². The molecule has 0 radical (unpaired) electrons. The molecule has 0 spiro atoms. The molecule has 0 fully saturated rings. The maximum absolute atomic E-state index is 12.3. The molecule has 0 bridgehead atoms. The first-order chi connectivity index (χ1) is 15.1. The van der Waals surface area contributed by atoms with E-state index in [1.165, 1.54) is 48.7 Å². The van der Waals surface area contributed by atoms with Gasteiger partial charge in [-0.05, 0) is 54.1 Å². The molecule has 0 aliphatic carbocycles. The molecule has 3 rings (SSSR count). The van der Waals surface area contributed by atoms with Gasteiger partial charge in [0.2, 0.25) is 10.0 Å². The second kappa shape index (κ2) is 9.88. The first-order valence-corrected chi connectivity index (χ1v) is 10.8. The Morgan fingerprint density at radius 2 is 1.75 bits per heavy atom. The number of furan rings is 1. The highest BCUT2D eigenvalue weighted by Gasteiger charge is 2.28. The van der Waals surface area contributed by atoms with E-state index in [4.69, 9.17) is 4.42 Å². The zero-order valence-electron chi connectivity index (χ0n) is 16.6. The van der Waals surface area contributed by atoms with Crippen molar-refractivity contribution in [1.29, 1.82) is 0 Å². The monoisotopic (exact) mass is 468 g/mol. The Hall–Kier alpha value is -3.31. The van der Waals surface area contributed by atoms with Crippen molar-refractivity contribution in [1.82, 2.24) is 10.0 Å². The number of hydrogen-bond donors (Lipinski definition) is 2. The van der Waals surface area contributed by atoms with Gasteiger partial charge in [0.25, 0.3) is 5.91 Å². The summed E-state index contributed by atoms with van der Waals surface area (Å²) < 4.78 is 73.6. The lowest BCUT2D eigenvalue weighted by molar-refractivity contribution is -0.153. The fraction of sp³-hybridized carbons (Fsp3) is 0.190. The molecule has 11 heteroatoms. The van der Waals surface area contributed by atoms with Crippen molar-refractivity contribution in [3.63, 3.8) is 0 Å². The minimum absolute atomic E-state index is 0.0106. The average molecular weight is 468 g/mol. The van der Waals surface area contributed by atoms with Crippen LogP contribution in [0.5, 0.6) is 5.75 Å². The van der Waals surface area contributed by atoms with Crippen molar-refractivity contribution < 1.29 is 35.5 Å². The first kappa shape index (κ1) is 23.4. The van der Waals surface area contributed by atoms with E-state index in [1.54, 1.807) is 18.2 Å². The summed E-state index contributed by atoms with van der Waals surface area (Å²) in [6, 6.07) is 14.5. The van der Waals surface area contributed by atoms with Crippen LogP contribution in [0.25, 0.3) is 0 Å². The van der Waals surface area contributed by atoms with Gasteiger partial charge in [0.1, 0.15) is 11.5 Å². The molecule has 0 saturated carbocycles. The number of rotatable bonds is 9. The topological polar surface area (TPSA) is 97.6 Å². The van der Waals surface area contributed by atoms with Crippen molar-refractivity contribution in [2.45, 2.75) is 24.2 Å². The van der Waals surface area contributed by atoms with E-state index in [-0.39, 0.29) is 29.3 Å². The van der Waals surface area contributed by atoms with Crippen molar-refractivity contribution >= 4 is 15.9 Å². The molecular formula is C21H19F3N2O5S.